The number of rotatable bonds is 8. The molecule has 0 bridgehead atoms. The zero-order chi connectivity index (χ0) is 21.6. The molecule has 2 aromatic carbocycles. The van der Waals surface area contributed by atoms with Gasteiger partial charge in [-0.05, 0) is 30.7 Å². The molecule has 0 radical (unpaired) electrons. The van der Waals surface area contributed by atoms with Crippen molar-refractivity contribution in [1.82, 2.24) is 0 Å². The molecule has 0 saturated heterocycles. The zero-order valence-corrected chi connectivity index (χ0v) is 15.9. The van der Waals surface area contributed by atoms with Crippen molar-refractivity contribution in [2.75, 3.05) is 19.5 Å². The minimum absolute atomic E-state index is 0.0424. The van der Waals surface area contributed by atoms with Gasteiger partial charge in [0, 0.05) is 12.1 Å². The van der Waals surface area contributed by atoms with Crippen LogP contribution >= 0.6 is 0 Å². The minimum Gasteiger partial charge on any atom is -0.495 e. The van der Waals surface area contributed by atoms with Crippen LogP contribution < -0.4 is 14.8 Å². The van der Waals surface area contributed by atoms with Gasteiger partial charge in [-0.15, -0.1) is 0 Å². The highest BCUT2D eigenvalue weighted by Crippen LogP contribution is 2.29. The maximum atomic E-state index is 13.7. The summed E-state index contributed by atoms with van der Waals surface area (Å²) >= 11 is 0. The molecule has 0 aliphatic rings. The number of anilines is 1. The number of ether oxygens (including phenoxy) is 3. The number of hydrogen-bond acceptors (Lipinski definition) is 7. The molecule has 1 atom stereocenters. The summed E-state index contributed by atoms with van der Waals surface area (Å²) in [6, 6.07) is 7.71. The molecule has 0 fully saturated rings. The van der Waals surface area contributed by atoms with Crippen LogP contribution in [0.25, 0.3) is 0 Å². The van der Waals surface area contributed by atoms with E-state index in [4.69, 9.17) is 14.2 Å². The normalized spacial score (nSPS) is 11.3. The van der Waals surface area contributed by atoms with Crippen molar-refractivity contribution in [2.24, 2.45) is 0 Å². The summed E-state index contributed by atoms with van der Waals surface area (Å²) in [7, 11) is 2.66. The summed E-state index contributed by atoms with van der Waals surface area (Å²) in [5.74, 6) is -1.83. The Labute approximate surface area is 165 Å². The fourth-order valence-corrected chi connectivity index (χ4v) is 2.42. The first-order valence-electron chi connectivity index (χ1n) is 8.40. The van der Waals surface area contributed by atoms with Crippen LogP contribution in [-0.4, -0.2) is 37.1 Å². The average Bonchev–Trinajstić information content (AvgIpc) is 2.67. The van der Waals surface area contributed by atoms with Gasteiger partial charge in [0.05, 0.1) is 31.3 Å². The van der Waals surface area contributed by atoms with Gasteiger partial charge in [-0.2, -0.15) is 0 Å². The van der Waals surface area contributed by atoms with Crippen molar-refractivity contribution < 1.29 is 33.1 Å². The standard InChI is InChI=1S/C19H19FN2O7/c1-11(29-18(23)9-12-4-6-16(27-2)14(20)8-12)19(24)21-15-10-13(22(25)26)5-7-17(15)28-3/h4-8,10-11H,9H2,1-3H3,(H,21,24)/t11-/m1/s1. The van der Waals surface area contributed by atoms with Crippen molar-refractivity contribution in [2.45, 2.75) is 19.4 Å². The SMILES string of the molecule is COc1ccc(CC(=O)O[C@H](C)C(=O)Nc2cc([N+](=O)[O-])ccc2OC)cc1F. The average molecular weight is 406 g/mol. The van der Waals surface area contributed by atoms with Crippen molar-refractivity contribution in [3.63, 3.8) is 0 Å². The number of nitrogens with one attached hydrogen (secondary N) is 1. The maximum absolute atomic E-state index is 13.7. The Kier molecular flexibility index (Phi) is 7.07. The van der Waals surface area contributed by atoms with Gasteiger partial charge in [0.2, 0.25) is 0 Å². The Bertz CT molecular complexity index is 933. The lowest BCUT2D eigenvalue weighted by molar-refractivity contribution is -0.384. The van der Waals surface area contributed by atoms with Crippen LogP contribution in [0.5, 0.6) is 11.5 Å². The molecule has 2 rings (SSSR count). The summed E-state index contributed by atoms with van der Waals surface area (Å²) in [5, 5.41) is 13.3. The van der Waals surface area contributed by atoms with E-state index in [2.05, 4.69) is 5.32 Å². The number of nitro groups is 1. The number of hydrogen-bond donors (Lipinski definition) is 1. The van der Waals surface area contributed by atoms with Crippen LogP contribution in [0.15, 0.2) is 36.4 Å². The number of nitrogens with zero attached hydrogens (tertiary/aromatic N) is 1. The van der Waals surface area contributed by atoms with Gasteiger partial charge in [-0.3, -0.25) is 19.7 Å². The van der Waals surface area contributed by atoms with Crippen molar-refractivity contribution in [1.29, 1.82) is 0 Å². The lowest BCUT2D eigenvalue weighted by atomic mass is 10.1. The van der Waals surface area contributed by atoms with Gasteiger partial charge in [-0.25, -0.2) is 4.39 Å². The number of non-ortho nitro benzene ring substituents is 1. The van der Waals surface area contributed by atoms with Gasteiger partial charge in [0.15, 0.2) is 17.7 Å². The molecule has 1 N–H and O–H groups in total. The van der Waals surface area contributed by atoms with E-state index in [1.165, 1.54) is 45.4 Å². The highest BCUT2D eigenvalue weighted by molar-refractivity contribution is 5.96. The molecule has 0 heterocycles. The molecule has 29 heavy (non-hydrogen) atoms. The zero-order valence-electron chi connectivity index (χ0n) is 15.9. The molecule has 0 spiro atoms. The number of carbonyl (C=O) groups excluding carboxylic acids is 2. The largest absolute Gasteiger partial charge is 0.495 e. The van der Waals surface area contributed by atoms with Gasteiger partial charge < -0.3 is 19.5 Å². The van der Waals surface area contributed by atoms with Crippen LogP contribution in [0.1, 0.15) is 12.5 Å². The highest BCUT2D eigenvalue weighted by atomic mass is 19.1. The molecule has 1 amide bonds. The molecular formula is C19H19FN2O7. The van der Waals surface area contributed by atoms with Crippen LogP contribution in [0.2, 0.25) is 0 Å². The van der Waals surface area contributed by atoms with Crippen LogP contribution in [0.4, 0.5) is 15.8 Å². The predicted octanol–water partition coefficient (Wildman–Crippen LogP) is 2.86. The van der Waals surface area contributed by atoms with E-state index < -0.39 is 28.7 Å². The topological polar surface area (TPSA) is 117 Å². The number of benzene rings is 2. The van der Waals surface area contributed by atoms with Crippen LogP contribution in [-0.2, 0) is 20.7 Å². The van der Waals surface area contributed by atoms with Crippen molar-refractivity contribution in [3.05, 3.63) is 57.9 Å². The van der Waals surface area contributed by atoms with Crippen LogP contribution in [0, 0.1) is 15.9 Å². The Morgan fingerprint density at radius 3 is 2.38 bits per heavy atom. The van der Waals surface area contributed by atoms with Crippen LogP contribution in [0.3, 0.4) is 0 Å². The quantitative estimate of drug-likeness (QED) is 0.407. The first kappa shape index (κ1) is 21.6. The Balaban J connectivity index is 2.01. The second-order valence-electron chi connectivity index (χ2n) is 5.91. The summed E-state index contributed by atoms with van der Waals surface area (Å²) < 4.78 is 28.6. The molecule has 2 aromatic rings. The van der Waals surface area contributed by atoms with Gasteiger partial charge in [0.1, 0.15) is 5.75 Å². The summed E-state index contributed by atoms with van der Waals surface area (Å²) in [4.78, 5) is 34.6. The third-order valence-corrected chi connectivity index (χ3v) is 3.89. The van der Waals surface area contributed by atoms with E-state index in [1.807, 2.05) is 0 Å². The fourth-order valence-electron chi connectivity index (χ4n) is 2.42. The lowest BCUT2D eigenvalue weighted by Gasteiger charge is -2.15. The summed E-state index contributed by atoms with van der Waals surface area (Å²) in [6.45, 7) is 1.34. The molecule has 9 nitrogen and oxygen atoms in total. The monoisotopic (exact) mass is 406 g/mol. The van der Waals surface area contributed by atoms with Crippen molar-refractivity contribution in [3.8, 4) is 11.5 Å². The molecule has 0 unspecified atom stereocenters. The number of amides is 1. The van der Waals surface area contributed by atoms with Gasteiger partial charge in [-0.1, -0.05) is 6.07 Å². The highest BCUT2D eigenvalue weighted by Gasteiger charge is 2.21. The smallest absolute Gasteiger partial charge is 0.311 e. The molecular weight excluding hydrogens is 387 g/mol. The first-order chi connectivity index (χ1) is 13.7. The van der Waals surface area contributed by atoms with E-state index in [-0.39, 0.29) is 29.3 Å². The Morgan fingerprint density at radius 1 is 1.14 bits per heavy atom. The van der Waals surface area contributed by atoms with E-state index in [9.17, 15) is 24.1 Å². The maximum Gasteiger partial charge on any atom is 0.311 e. The molecule has 10 heteroatoms. The number of methoxy groups -OCH3 is 2. The second-order valence-corrected chi connectivity index (χ2v) is 5.91. The minimum atomic E-state index is -1.20. The van der Waals surface area contributed by atoms with E-state index in [0.29, 0.717) is 5.56 Å². The Morgan fingerprint density at radius 2 is 1.79 bits per heavy atom. The predicted molar refractivity (Wildman–Crippen MR) is 100 cm³/mol. The second kappa shape index (κ2) is 9.49. The van der Waals surface area contributed by atoms with Gasteiger partial charge in [0.25, 0.3) is 11.6 Å². The third-order valence-electron chi connectivity index (χ3n) is 3.89. The summed E-state index contributed by atoms with van der Waals surface area (Å²) in [6.07, 6.45) is -1.45. The van der Waals surface area contributed by atoms with Gasteiger partial charge >= 0.3 is 5.97 Å². The van der Waals surface area contributed by atoms with E-state index in [0.717, 1.165) is 12.1 Å². The number of carbonyl (C=O) groups is 2. The van der Waals surface area contributed by atoms with E-state index >= 15 is 0 Å². The number of esters is 1. The molecule has 0 aromatic heterocycles. The lowest BCUT2D eigenvalue weighted by Crippen LogP contribution is -2.30. The molecule has 0 aliphatic carbocycles. The fraction of sp³-hybridized carbons (Fsp3) is 0.263. The van der Waals surface area contributed by atoms with E-state index in [1.54, 1.807) is 0 Å². The Hall–Kier alpha value is -3.69. The summed E-state index contributed by atoms with van der Waals surface area (Å²) in [5.41, 5.74) is 0.167. The molecule has 0 saturated carbocycles. The number of halogens is 1. The number of nitro benzene ring substituents is 1. The van der Waals surface area contributed by atoms with Crippen molar-refractivity contribution >= 4 is 23.3 Å². The third kappa shape index (κ3) is 5.64. The molecule has 0 aliphatic heterocycles. The first-order valence-corrected chi connectivity index (χ1v) is 8.40. The molecule has 154 valence electrons.